The van der Waals surface area contributed by atoms with Gasteiger partial charge in [-0.25, -0.2) is 0 Å². The third kappa shape index (κ3) is 5.42. The molecule has 0 atom stereocenters. The molecule has 0 fully saturated rings. The van der Waals surface area contributed by atoms with Gasteiger partial charge in [-0.1, -0.05) is 35.8 Å². The maximum atomic E-state index is 10.7. The summed E-state index contributed by atoms with van der Waals surface area (Å²) in [7, 11) is 1.82. The first-order chi connectivity index (χ1) is 8.38. The van der Waals surface area contributed by atoms with Crippen LogP contribution >= 0.6 is 27.7 Å². The Kier molecular flexibility index (Phi) is 6.18. The molecule has 0 saturated heterocycles. The number of hydrogen-bond acceptors (Lipinski definition) is 3. The molecular formula is C13H18BrNO2S. The monoisotopic (exact) mass is 331 g/mol. The van der Waals surface area contributed by atoms with Gasteiger partial charge < -0.3 is 5.11 Å². The molecule has 0 aliphatic rings. The smallest absolute Gasteiger partial charge is 0.317 e. The molecule has 0 radical (unpaired) electrons. The van der Waals surface area contributed by atoms with E-state index in [1.165, 1.54) is 10.5 Å². The van der Waals surface area contributed by atoms with Crippen molar-refractivity contribution in [1.82, 2.24) is 4.90 Å². The molecule has 100 valence electrons. The van der Waals surface area contributed by atoms with E-state index < -0.39 is 5.97 Å². The molecule has 1 rings (SSSR count). The van der Waals surface area contributed by atoms with Crippen LogP contribution in [0.4, 0.5) is 0 Å². The van der Waals surface area contributed by atoms with Crippen LogP contribution in [0.3, 0.4) is 0 Å². The van der Waals surface area contributed by atoms with Crippen LogP contribution in [0.25, 0.3) is 0 Å². The molecule has 0 saturated carbocycles. The fourth-order valence-corrected chi connectivity index (χ4v) is 3.10. The SMILES string of the molecule is CC(C)Sc1cc(Br)ccc1CN(C)CC(=O)O. The van der Waals surface area contributed by atoms with Gasteiger partial charge in [0.25, 0.3) is 0 Å². The van der Waals surface area contributed by atoms with Crippen molar-refractivity contribution in [3.05, 3.63) is 28.2 Å². The second-order valence-corrected chi connectivity index (χ2v) is 7.02. The van der Waals surface area contributed by atoms with Crippen LogP contribution < -0.4 is 0 Å². The summed E-state index contributed by atoms with van der Waals surface area (Å²) in [6.45, 7) is 5.00. The summed E-state index contributed by atoms with van der Waals surface area (Å²) in [4.78, 5) is 13.7. The van der Waals surface area contributed by atoms with E-state index in [0.29, 0.717) is 11.8 Å². The number of benzene rings is 1. The quantitative estimate of drug-likeness (QED) is 0.810. The number of carboxylic acid groups (broad SMARTS) is 1. The standard InChI is InChI=1S/C13H18BrNO2S/c1-9(2)18-12-6-11(14)5-4-10(12)7-15(3)8-13(16)17/h4-6,9H,7-8H2,1-3H3,(H,16,17). The van der Waals surface area contributed by atoms with Crippen LogP contribution in [0.15, 0.2) is 27.6 Å². The fourth-order valence-electron chi connectivity index (χ4n) is 1.60. The molecule has 0 unspecified atom stereocenters. The normalized spacial score (nSPS) is 11.2. The first-order valence-electron chi connectivity index (χ1n) is 5.74. The molecule has 0 bridgehead atoms. The number of rotatable bonds is 6. The molecule has 0 spiro atoms. The largest absolute Gasteiger partial charge is 0.480 e. The van der Waals surface area contributed by atoms with Crippen molar-refractivity contribution in [1.29, 1.82) is 0 Å². The highest BCUT2D eigenvalue weighted by atomic mass is 79.9. The predicted octanol–water partition coefficient (Wildman–Crippen LogP) is 3.47. The minimum Gasteiger partial charge on any atom is -0.480 e. The Hall–Kier alpha value is -0.520. The third-order valence-corrected chi connectivity index (χ3v) is 3.84. The van der Waals surface area contributed by atoms with E-state index in [-0.39, 0.29) is 6.54 Å². The van der Waals surface area contributed by atoms with Crippen LogP contribution in [-0.4, -0.2) is 34.8 Å². The van der Waals surface area contributed by atoms with Gasteiger partial charge in [-0.15, -0.1) is 11.8 Å². The van der Waals surface area contributed by atoms with E-state index in [0.717, 1.165) is 4.47 Å². The van der Waals surface area contributed by atoms with E-state index in [4.69, 9.17) is 5.11 Å². The molecule has 1 N–H and O–H groups in total. The Morgan fingerprint density at radius 2 is 2.17 bits per heavy atom. The Balaban J connectivity index is 2.83. The molecule has 18 heavy (non-hydrogen) atoms. The van der Waals surface area contributed by atoms with E-state index in [1.807, 2.05) is 19.2 Å². The third-order valence-electron chi connectivity index (χ3n) is 2.24. The highest BCUT2D eigenvalue weighted by Crippen LogP contribution is 2.30. The van der Waals surface area contributed by atoms with Crippen LogP contribution in [0.5, 0.6) is 0 Å². The van der Waals surface area contributed by atoms with Crippen LogP contribution in [0.2, 0.25) is 0 Å². The van der Waals surface area contributed by atoms with E-state index in [2.05, 4.69) is 35.8 Å². The Labute approximate surface area is 121 Å². The van der Waals surface area contributed by atoms with Gasteiger partial charge in [0.1, 0.15) is 0 Å². The zero-order valence-corrected chi connectivity index (χ0v) is 13.2. The molecule has 0 heterocycles. The molecule has 0 aliphatic carbocycles. The van der Waals surface area contributed by atoms with Gasteiger partial charge in [0.2, 0.25) is 0 Å². The summed E-state index contributed by atoms with van der Waals surface area (Å²) in [5.74, 6) is -0.798. The van der Waals surface area contributed by atoms with Gasteiger partial charge in [-0.3, -0.25) is 9.69 Å². The lowest BCUT2D eigenvalue weighted by atomic mass is 10.2. The Morgan fingerprint density at radius 3 is 2.72 bits per heavy atom. The molecule has 1 aromatic rings. The van der Waals surface area contributed by atoms with Crippen molar-refractivity contribution in [2.24, 2.45) is 0 Å². The molecule has 5 heteroatoms. The minimum absolute atomic E-state index is 0.0574. The Bertz CT molecular complexity index is 423. The molecule has 1 aromatic carbocycles. The summed E-state index contributed by atoms with van der Waals surface area (Å²) in [5, 5.41) is 9.27. The van der Waals surface area contributed by atoms with Gasteiger partial charge in [-0.2, -0.15) is 0 Å². The lowest BCUT2D eigenvalue weighted by Crippen LogP contribution is -2.25. The summed E-state index contributed by atoms with van der Waals surface area (Å²) >= 11 is 5.27. The number of likely N-dealkylation sites (N-methyl/N-ethyl adjacent to an activating group) is 1. The summed E-state index contributed by atoms with van der Waals surface area (Å²) in [6.07, 6.45) is 0. The number of halogens is 1. The number of hydrogen-bond donors (Lipinski definition) is 1. The molecule has 0 aromatic heterocycles. The summed E-state index contributed by atoms with van der Waals surface area (Å²) in [6, 6.07) is 6.14. The van der Waals surface area contributed by atoms with E-state index >= 15 is 0 Å². The van der Waals surface area contributed by atoms with Gasteiger partial charge in [-0.05, 0) is 24.7 Å². The summed E-state index contributed by atoms with van der Waals surface area (Å²) in [5.41, 5.74) is 1.17. The second-order valence-electron chi connectivity index (χ2n) is 4.48. The molecule has 3 nitrogen and oxygen atoms in total. The van der Waals surface area contributed by atoms with Crippen molar-refractivity contribution in [2.75, 3.05) is 13.6 Å². The zero-order chi connectivity index (χ0) is 13.7. The van der Waals surface area contributed by atoms with E-state index in [1.54, 1.807) is 16.7 Å². The molecular weight excluding hydrogens is 314 g/mol. The number of aliphatic carboxylic acids is 1. The van der Waals surface area contributed by atoms with E-state index in [9.17, 15) is 4.79 Å². The number of nitrogens with zero attached hydrogens (tertiary/aromatic N) is 1. The first-order valence-corrected chi connectivity index (χ1v) is 7.41. The maximum Gasteiger partial charge on any atom is 0.317 e. The van der Waals surface area contributed by atoms with Crippen LogP contribution in [-0.2, 0) is 11.3 Å². The van der Waals surface area contributed by atoms with Crippen molar-refractivity contribution >= 4 is 33.7 Å². The highest BCUT2D eigenvalue weighted by molar-refractivity contribution is 9.10. The molecule has 0 amide bonds. The van der Waals surface area contributed by atoms with Gasteiger partial charge >= 0.3 is 5.97 Å². The van der Waals surface area contributed by atoms with Crippen LogP contribution in [0.1, 0.15) is 19.4 Å². The predicted molar refractivity (Wildman–Crippen MR) is 79.1 cm³/mol. The lowest BCUT2D eigenvalue weighted by molar-refractivity contribution is -0.138. The number of carbonyl (C=O) groups is 1. The second kappa shape index (κ2) is 7.16. The summed E-state index contributed by atoms with van der Waals surface area (Å²) < 4.78 is 1.05. The first kappa shape index (κ1) is 15.5. The van der Waals surface area contributed by atoms with Crippen molar-refractivity contribution in [3.8, 4) is 0 Å². The minimum atomic E-state index is -0.798. The topological polar surface area (TPSA) is 40.5 Å². The fraction of sp³-hybridized carbons (Fsp3) is 0.462. The highest BCUT2D eigenvalue weighted by Gasteiger charge is 2.10. The number of thioether (sulfide) groups is 1. The van der Waals surface area contributed by atoms with Crippen molar-refractivity contribution in [3.63, 3.8) is 0 Å². The van der Waals surface area contributed by atoms with Gasteiger partial charge in [0, 0.05) is 21.2 Å². The van der Waals surface area contributed by atoms with Crippen molar-refractivity contribution < 1.29 is 9.90 Å². The van der Waals surface area contributed by atoms with Crippen LogP contribution in [0, 0.1) is 0 Å². The average Bonchev–Trinajstić information content (AvgIpc) is 2.20. The van der Waals surface area contributed by atoms with Gasteiger partial charge in [0.15, 0.2) is 0 Å². The Morgan fingerprint density at radius 1 is 1.50 bits per heavy atom. The average molecular weight is 332 g/mol. The number of carboxylic acids is 1. The molecule has 0 aliphatic heterocycles. The zero-order valence-electron chi connectivity index (χ0n) is 10.8. The van der Waals surface area contributed by atoms with Crippen molar-refractivity contribution in [2.45, 2.75) is 30.5 Å². The lowest BCUT2D eigenvalue weighted by Gasteiger charge is -2.17. The maximum absolute atomic E-state index is 10.7. The van der Waals surface area contributed by atoms with Gasteiger partial charge in [0.05, 0.1) is 6.54 Å².